The number of aryl methyl sites for hydroxylation is 2. The van der Waals surface area contributed by atoms with Crippen LogP contribution in [0.3, 0.4) is 0 Å². The van der Waals surface area contributed by atoms with Crippen molar-refractivity contribution in [3.05, 3.63) is 54.0 Å². The molecule has 0 aliphatic rings. The maximum Gasteiger partial charge on any atom is 0.306 e. The van der Waals surface area contributed by atoms with Crippen molar-refractivity contribution in [1.82, 2.24) is 14.8 Å². The number of benzene rings is 1. The number of para-hydroxylation sites is 1. The molecule has 0 bridgehead atoms. The molecule has 3 rings (SSSR count). The highest BCUT2D eigenvalue weighted by atomic mass is 16.5. The SMILES string of the molecule is CC(OC(=O)CCc1cnn(C)c1)C(=O)c1c[nH]c2ccccc12. The van der Waals surface area contributed by atoms with E-state index >= 15 is 0 Å². The van der Waals surface area contributed by atoms with E-state index in [4.69, 9.17) is 4.74 Å². The van der Waals surface area contributed by atoms with E-state index in [2.05, 4.69) is 10.1 Å². The highest BCUT2D eigenvalue weighted by Crippen LogP contribution is 2.20. The second-order valence-electron chi connectivity index (χ2n) is 5.77. The molecule has 0 fully saturated rings. The summed E-state index contributed by atoms with van der Waals surface area (Å²) in [6, 6.07) is 7.54. The van der Waals surface area contributed by atoms with Crippen molar-refractivity contribution in [2.75, 3.05) is 0 Å². The van der Waals surface area contributed by atoms with Crippen LogP contribution < -0.4 is 0 Å². The van der Waals surface area contributed by atoms with E-state index in [1.807, 2.05) is 37.5 Å². The van der Waals surface area contributed by atoms with Gasteiger partial charge in [-0.25, -0.2) is 0 Å². The maximum atomic E-state index is 12.5. The smallest absolute Gasteiger partial charge is 0.306 e. The lowest BCUT2D eigenvalue weighted by atomic mass is 10.1. The van der Waals surface area contributed by atoms with Crippen molar-refractivity contribution in [2.24, 2.45) is 7.05 Å². The number of hydrogen-bond donors (Lipinski definition) is 1. The van der Waals surface area contributed by atoms with Gasteiger partial charge in [-0.1, -0.05) is 18.2 Å². The number of nitrogens with zero attached hydrogens (tertiary/aromatic N) is 2. The summed E-state index contributed by atoms with van der Waals surface area (Å²) in [5.41, 5.74) is 2.39. The van der Waals surface area contributed by atoms with Gasteiger partial charge in [0.05, 0.1) is 6.20 Å². The van der Waals surface area contributed by atoms with E-state index in [1.165, 1.54) is 0 Å². The van der Waals surface area contributed by atoms with Gasteiger partial charge in [0.25, 0.3) is 0 Å². The molecule has 124 valence electrons. The molecule has 1 atom stereocenters. The Morgan fingerprint density at radius 3 is 2.88 bits per heavy atom. The molecule has 0 saturated carbocycles. The number of ether oxygens (including phenoxy) is 1. The lowest BCUT2D eigenvalue weighted by Gasteiger charge is -2.11. The molecular formula is C18H19N3O3. The predicted molar refractivity (Wildman–Crippen MR) is 89.7 cm³/mol. The van der Waals surface area contributed by atoms with Crippen LogP contribution >= 0.6 is 0 Å². The van der Waals surface area contributed by atoms with Crippen molar-refractivity contribution in [3.8, 4) is 0 Å². The van der Waals surface area contributed by atoms with E-state index in [-0.39, 0.29) is 18.2 Å². The minimum atomic E-state index is -0.814. The average molecular weight is 325 g/mol. The highest BCUT2D eigenvalue weighted by molar-refractivity contribution is 6.10. The molecule has 0 amide bonds. The number of H-pyrrole nitrogens is 1. The minimum Gasteiger partial charge on any atom is -0.454 e. The molecule has 2 heterocycles. The number of Topliss-reactive ketones (excluding diaryl/α,β-unsaturated/α-hetero) is 1. The van der Waals surface area contributed by atoms with E-state index in [0.717, 1.165) is 16.5 Å². The van der Waals surface area contributed by atoms with Crippen LogP contribution in [0.15, 0.2) is 42.9 Å². The van der Waals surface area contributed by atoms with Gasteiger partial charge in [0.15, 0.2) is 6.10 Å². The second-order valence-corrected chi connectivity index (χ2v) is 5.77. The summed E-state index contributed by atoms with van der Waals surface area (Å²) in [6.45, 7) is 1.60. The Labute approximate surface area is 139 Å². The molecule has 6 heteroatoms. The zero-order valence-electron chi connectivity index (χ0n) is 13.7. The quantitative estimate of drug-likeness (QED) is 0.558. The predicted octanol–water partition coefficient (Wildman–Crippen LogP) is 2.65. The van der Waals surface area contributed by atoms with Gasteiger partial charge in [-0.15, -0.1) is 0 Å². The third-order valence-corrected chi connectivity index (χ3v) is 3.91. The molecule has 0 spiro atoms. The molecule has 1 unspecified atom stereocenters. The maximum absolute atomic E-state index is 12.5. The number of esters is 1. The molecule has 24 heavy (non-hydrogen) atoms. The molecular weight excluding hydrogens is 306 g/mol. The number of aromatic amines is 1. The summed E-state index contributed by atoms with van der Waals surface area (Å²) in [4.78, 5) is 27.5. The Morgan fingerprint density at radius 2 is 2.12 bits per heavy atom. The Kier molecular flexibility index (Phi) is 4.46. The fourth-order valence-corrected chi connectivity index (χ4v) is 2.65. The Morgan fingerprint density at radius 1 is 1.33 bits per heavy atom. The van der Waals surface area contributed by atoms with Gasteiger partial charge in [-0.2, -0.15) is 5.10 Å². The average Bonchev–Trinajstić information content (AvgIpc) is 3.18. The van der Waals surface area contributed by atoms with E-state index in [0.29, 0.717) is 12.0 Å². The summed E-state index contributed by atoms with van der Waals surface area (Å²) >= 11 is 0. The lowest BCUT2D eigenvalue weighted by Crippen LogP contribution is -2.24. The third kappa shape index (κ3) is 3.37. The summed E-state index contributed by atoms with van der Waals surface area (Å²) in [7, 11) is 1.82. The first-order chi connectivity index (χ1) is 11.5. The van der Waals surface area contributed by atoms with Gasteiger partial charge in [-0.05, 0) is 25.0 Å². The normalized spacial score (nSPS) is 12.2. The lowest BCUT2D eigenvalue weighted by molar-refractivity contribution is -0.146. The zero-order valence-corrected chi connectivity index (χ0v) is 13.7. The van der Waals surface area contributed by atoms with Gasteiger partial charge >= 0.3 is 5.97 Å². The highest BCUT2D eigenvalue weighted by Gasteiger charge is 2.22. The van der Waals surface area contributed by atoms with Gasteiger partial charge in [0.2, 0.25) is 5.78 Å². The molecule has 0 aliphatic heterocycles. The topological polar surface area (TPSA) is 77.0 Å². The first-order valence-electron chi connectivity index (χ1n) is 7.82. The van der Waals surface area contributed by atoms with Crippen LogP contribution in [0.1, 0.15) is 29.3 Å². The first-order valence-corrected chi connectivity index (χ1v) is 7.82. The molecule has 1 aromatic carbocycles. The summed E-state index contributed by atoms with van der Waals surface area (Å²) in [5, 5.41) is 4.89. The van der Waals surface area contributed by atoms with Gasteiger partial charge < -0.3 is 9.72 Å². The molecule has 0 radical (unpaired) electrons. The van der Waals surface area contributed by atoms with Crippen LogP contribution in [0, 0.1) is 0 Å². The van der Waals surface area contributed by atoms with Gasteiger partial charge in [-0.3, -0.25) is 14.3 Å². The van der Waals surface area contributed by atoms with Crippen molar-refractivity contribution < 1.29 is 14.3 Å². The van der Waals surface area contributed by atoms with Gasteiger partial charge in [0, 0.05) is 42.3 Å². The number of aromatic nitrogens is 3. The minimum absolute atomic E-state index is 0.206. The van der Waals surface area contributed by atoms with Crippen molar-refractivity contribution in [1.29, 1.82) is 0 Å². The van der Waals surface area contributed by atoms with E-state index in [1.54, 1.807) is 24.0 Å². The number of nitrogens with one attached hydrogen (secondary N) is 1. The Balaban J connectivity index is 1.60. The summed E-state index contributed by atoms with van der Waals surface area (Å²) in [5.74, 6) is -0.596. The van der Waals surface area contributed by atoms with Crippen LogP contribution in [0.25, 0.3) is 10.9 Å². The van der Waals surface area contributed by atoms with Gasteiger partial charge in [0.1, 0.15) is 0 Å². The Bertz CT molecular complexity index is 878. The fourth-order valence-electron chi connectivity index (χ4n) is 2.65. The molecule has 6 nitrogen and oxygen atoms in total. The van der Waals surface area contributed by atoms with Crippen LogP contribution in [0.2, 0.25) is 0 Å². The van der Waals surface area contributed by atoms with Crippen LogP contribution in [-0.2, 0) is 23.0 Å². The second kappa shape index (κ2) is 6.70. The molecule has 2 aromatic heterocycles. The fraction of sp³-hybridized carbons (Fsp3) is 0.278. The third-order valence-electron chi connectivity index (χ3n) is 3.91. The van der Waals surface area contributed by atoms with Crippen LogP contribution in [-0.4, -0.2) is 32.6 Å². The van der Waals surface area contributed by atoms with Crippen molar-refractivity contribution >= 4 is 22.7 Å². The van der Waals surface area contributed by atoms with Crippen molar-refractivity contribution in [3.63, 3.8) is 0 Å². The van der Waals surface area contributed by atoms with Crippen LogP contribution in [0.4, 0.5) is 0 Å². The number of rotatable bonds is 6. The number of ketones is 1. The summed E-state index contributed by atoms with van der Waals surface area (Å²) in [6.07, 6.45) is 5.18. The number of fused-ring (bicyclic) bond motifs is 1. The van der Waals surface area contributed by atoms with E-state index in [9.17, 15) is 9.59 Å². The number of carbonyl (C=O) groups is 2. The molecule has 0 saturated heterocycles. The number of hydrogen-bond acceptors (Lipinski definition) is 4. The van der Waals surface area contributed by atoms with Crippen molar-refractivity contribution in [2.45, 2.75) is 25.9 Å². The Hall–Kier alpha value is -2.89. The standard InChI is InChI=1S/C18H19N3O3/c1-12(24-17(22)8-7-13-9-20-21(2)11-13)18(23)15-10-19-16-6-4-3-5-14(15)16/h3-6,9-12,19H,7-8H2,1-2H3. The molecule has 1 N–H and O–H groups in total. The van der Waals surface area contributed by atoms with E-state index < -0.39 is 6.10 Å². The van der Waals surface area contributed by atoms with Crippen LogP contribution in [0.5, 0.6) is 0 Å². The molecule has 0 aliphatic carbocycles. The largest absolute Gasteiger partial charge is 0.454 e. The zero-order chi connectivity index (χ0) is 17.1. The first kappa shape index (κ1) is 16.0. The summed E-state index contributed by atoms with van der Waals surface area (Å²) < 4.78 is 6.97. The number of carbonyl (C=O) groups excluding carboxylic acids is 2. The monoisotopic (exact) mass is 325 g/mol. The molecule has 3 aromatic rings.